The van der Waals surface area contributed by atoms with E-state index < -0.39 is 12.1 Å². The Labute approximate surface area is 153 Å². The smallest absolute Gasteiger partial charge is 0.360 e. The lowest BCUT2D eigenvalue weighted by atomic mass is 9.93. The third-order valence-corrected chi connectivity index (χ3v) is 5.38. The fourth-order valence-corrected chi connectivity index (χ4v) is 3.67. The molecular weight excluding hydrogens is 367 g/mol. The van der Waals surface area contributed by atoms with Crippen LogP contribution in [0.25, 0.3) is 4.96 Å². The van der Waals surface area contributed by atoms with Crippen LogP contribution in [0.1, 0.15) is 39.3 Å². The summed E-state index contributed by atoms with van der Waals surface area (Å²) in [4.78, 5) is 17.5. The Morgan fingerprint density at radius 3 is 2.50 bits per heavy atom. The molecule has 3 rings (SSSR count). The molecule has 2 aromatic rings. The number of carbonyl (C=O) groups is 1. The summed E-state index contributed by atoms with van der Waals surface area (Å²) in [5, 5.41) is 8.44. The Bertz CT molecular complexity index is 752. The van der Waals surface area contributed by atoms with Gasteiger partial charge in [0, 0.05) is 25.0 Å². The first kappa shape index (κ1) is 18.9. The Kier molecular flexibility index (Phi) is 4.89. The molecule has 2 aromatic heterocycles. The van der Waals surface area contributed by atoms with Gasteiger partial charge in [-0.25, -0.2) is 9.50 Å². The molecule has 0 spiro atoms. The van der Waals surface area contributed by atoms with Crippen molar-refractivity contribution in [2.45, 2.75) is 45.2 Å². The minimum absolute atomic E-state index is 0.0389. The van der Waals surface area contributed by atoms with E-state index in [2.05, 4.69) is 36.2 Å². The molecule has 1 N–H and O–H groups in total. The molecular formula is C16H22F3N5OS. The van der Waals surface area contributed by atoms with Crippen LogP contribution < -0.4 is 5.32 Å². The van der Waals surface area contributed by atoms with Crippen LogP contribution in [0.4, 0.5) is 18.3 Å². The first-order chi connectivity index (χ1) is 12.0. The molecule has 3 heterocycles. The standard InChI is InChI=1S/C16H22F3N5OS/c1-15(2,3)11-9-24-14(21-11)26-13(22-24)20-8-10-4-6-23(7-5-10)12(25)16(17,18)19/h9-10H,4-8H2,1-3H3,(H,20,22). The lowest BCUT2D eigenvalue weighted by molar-refractivity contribution is -0.186. The van der Waals surface area contributed by atoms with Gasteiger partial charge in [0.15, 0.2) is 0 Å². The Morgan fingerprint density at radius 2 is 1.96 bits per heavy atom. The van der Waals surface area contributed by atoms with Gasteiger partial charge in [-0.2, -0.15) is 13.2 Å². The maximum Gasteiger partial charge on any atom is 0.471 e. The zero-order valence-corrected chi connectivity index (χ0v) is 15.7. The third-order valence-electron chi connectivity index (χ3n) is 4.50. The highest BCUT2D eigenvalue weighted by atomic mass is 32.1. The van der Waals surface area contributed by atoms with Crippen LogP contribution in [0.5, 0.6) is 0 Å². The molecule has 0 saturated carbocycles. The number of piperidine rings is 1. The van der Waals surface area contributed by atoms with E-state index in [4.69, 9.17) is 0 Å². The zero-order valence-electron chi connectivity index (χ0n) is 14.9. The Hall–Kier alpha value is -1.84. The number of halogens is 3. The molecule has 1 amide bonds. The molecule has 0 aliphatic carbocycles. The van der Waals surface area contributed by atoms with Crippen LogP contribution in [-0.2, 0) is 10.2 Å². The predicted octanol–water partition coefficient (Wildman–Crippen LogP) is 3.30. The summed E-state index contributed by atoms with van der Waals surface area (Å²) in [6.07, 6.45) is -1.78. The number of nitrogens with zero attached hydrogens (tertiary/aromatic N) is 4. The fraction of sp³-hybridized carbons (Fsp3) is 0.688. The highest BCUT2D eigenvalue weighted by Crippen LogP contribution is 2.27. The molecule has 0 atom stereocenters. The monoisotopic (exact) mass is 389 g/mol. The minimum atomic E-state index is -4.79. The summed E-state index contributed by atoms with van der Waals surface area (Å²) in [5.41, 5.74) is 0.938. The lowest BCUT2D eigenvalue weighted by Gasteiger charge is -2.32. The second-order valence-corrected chi connectivity index (χ2v) is 8.58. The van der Waals surface area contributed by atoms with Gasteiger partial charge in [0.2, 0.25) is 10.1 Å². The van der Waals surface area contributed by atoms with Gasteiger partial charge in [-0.15, -0.1) is 5.10 Å². The van der Waals surface area contributed by atoms with Crippen LogP contribution in [0, 0.1) is 5.92 Å². The van der Waals surface area contributed by atoms with Gasteiger partial charge in [-0.05, 0) is 18.8 Å². The number of amides is 1. The highest BCUT2D eigenvalue weighted by Gasteiger charge is 2.43. The summed E-state index contributed by atoms with van der Waals surface area (Å²) in [5.74, 6) is -1.52. The first-order valence-electron chi connectivity index (χ1n) is 8.50. The van der Waals surface area contributed by atoms with E-state index in [1.54, 1.807) is 4.52 Å². The van der Waals surface area contributed by atoms with E-state index in [9.17, 15) is 18.0 Å². The summed E-state index contributed by atoms with van der Waals surface area (Å²) >= 11 is 1.45. The number of likely N-dealkylation sites (tertiary alicyclic amines) is 1. The van der Waals surface area contributed by atoms with E-state index >= 15 is 0 Å². The van der Waals surface area contributed by atoms with Crippen LogP contribution in [0.2, 0.25) is 0 Å². The number of carbonyl (C=O) groups excluding carboxylic acids is 1. The van der Waals surface area contributed by atoms with Crippen molar-refractivity contribution in [3.8, 4) is 0 Å². The topological polar surface area (TPSA) is 62.5 Å². The molecule has 1 aliphatic rings. The maximum atomic E-state index is 12.5. The number of nitrogens with one attached hydrogen (secondary N) is 1. The third kappa shape index (κ3) is 4.11. The summed E-state index contributed by atoms with van der Waals surface area (Å²) < 4.78 is 39.1. The van der Waals surface area contributed by atoms with Crippen molar-refractivity contribution >= 4 is 27.3 Å². The molecule has 6 nitrogen and oxygen atoms in total. The van der Waals surface area contributed by atoms with E-state index in [1.165, 1.54) is 11.3 Å². The molecule has 0 radical (unpaired) electrons. The van der Waals surface area contributed by atoms with Gasteiger partial charge in [-0.1, -0.05) is 32.1 Å². The van der Waals surface area contributed by atoms with E-state index in [1.807, 2.05) is 6.20 Å². The van der Waals surface area contributed by atoms with Crippen molar-refractivity contribution in [2.75, 3.05) is 25.0 Å². The Morgan fingerprint density at radius 1 is 1.31 bits per heavy atom. The number of fused-ring (bicyclic) bond motifs is 1. The summed E-state index contributed by atoms with van der Waals surface area (Å²) in [7, 11) is 0. The number of alkyl halides is 3. The molecule has 10 heteroatoms. The summed E-state index contributed by atoms with van der Waals surface area (Å²) in [6.45, 7) is 7.18. The average Bonchev–Trinajstić information content (AvgIpc) is 3.10. The Balaban J connectivity index is 1.52. The largest absolute Gasteiger partial charge is 0.471 e. The zero-order chi connectivity index (χ0) is 19.1. The van der Waals surface area contributed by atoms with Crippen molar-refractivity contribution in [1.29, 1.82) is 0 Å². The molecule has 0 aromatic carbocycles. The van der Waals surface area contributed by atoms with Crippen molar-refractivity contribution in [2.24, 2.45) is 5.92 Å². The van der Waals surface area contributed by atoms with Gasteiger partial charge in [0.1, 0.15) is 0 Å². The van der Waals surface area contributed by atoms with E-state index in [0.717, 1.165) is 20.7 Å². The molecule has 0 unspecified atom stereocenters. The van der Waals surface area contributed by atoms with Crippen molar-refractivity contribution in [1.82, 2.24) is 19.5 Å². The SMILES string of the molecule is CC(C)(C)c1cn2nc(NCC3CCN(C(=O)C(F)(F)F)CC3)sc2n1. The van der Waals surface area contributed by atoms with Crippen LogP contribution in [0.3, 0.4) is 0 Å². The van der Waals surface area contributed by atoms with Gasteiger partial charge < -0.3 is 10.2 Å². The van der Waals surface area contributed by atoms with Gasteiger partial charge in [-0.3, -0.25) is 4.79 Å². The molecule has 1 saturated heterocycles. The second-order valence-electron chi connectivity index (χ2n) is 7.62. The van der Waals surface area contributed by atoms with Gasteiger partial charge in [0.05, 0.1) is 11.9 Å². The van der Waals surface area contributed by atoms with Crippen LogP contribution in [-0.4, -0.2) is 51.2 Å². The predicted molar refractivity (Wildman–Crippen MR) is 93.4 cm³/mol. The number of imidazole rings is 1. The van der Waals surface area contributed by atoms with Crippen LogP contribution >= 0.6 is 11.3 Å². The number of hydrogen-bond acceptors (Lipinski definition) is 5. The quantitative estimate of drug-likeness (QED) is 0.875. The normalized spacial score (nSPS) is 17.1. The van der Waals surface area contributed by atoms with E-state index in [0.29, 0.717) is 19.4 Å². The van der Waals surface area contributed by atoms with Crippen molar-refractivity contribution in [3.05, 3.63) is 11.9 Å². The van der Waals surface area contributed by atoms with Gasteiger partial charge in [0.25, 0.3) is 0 Å². The molecule has 0 bridgehead atoms. The maximum absolute atomic E-state index is 12.5. The first-order valence-corrected chi connectivity index (χ1v) is 9.32. The highest BCUT2D eigenvalue weighted by molar-refractivity contribution is 7.20. The number of rotatable bonds is 3. The van der Waals surface area contributed by atoms with E-state index in [-0.39, 0.29) is 24.4 Å². The lowest BCUT2D eigenvalue weighted by Crippen LogP contribution is -2.46. The fourth-order valence-electron chi connectivity index (χ4n) is 2.88. The summed E-state index contributed by atoms with van der Waals surface area (Å²) in [6, 6.07) is 0. The molecule has 144 valence electrons. The average molecular weight is 389 g/mol. The van der Waals surface area contributed by atoms with Gasteiger partial charge >= 0.3 is 12.1 Å². The van der Waals surface area contributed by atoms with Crippen LogP contribution in [0.15, 0.2) is 6.20 Å². The van der Waals surface area contributed by atoms with Crippen molar-refractivity contribution in [3.63, 3.8) is 0 Å². The number of anilines is 1. The molecule has 26 heavy (non-hydrogen) atoms. The van der Waals surface area contributed by atoms with Crippen molar-refractivity contribution < 1.29 is 18.0 Å². The number of hydrogen-bond donors (Lipinski definition) is 1. The molecule has 1 aliphatic heterocycles. The molecule has 1 fully saturated rings. The number of aromatic nitrogens is 3. The second kappa shape index (κ2) is 6.71. The minimum Gasteiger partial charge on any atom is -0.360 e.